The standard InChI is InChI=1S/C22H22FN5O3/c1-14(29)25-16-5-3-4-15(10-16)20-13-28(8-9-31-20)22-26-19(11-21(30)27(22)2)17-6-7-24-12-18(17)23/h3-7,10-12,20H,8-9,13H2,1-2H3,(H,25,29). The molecule has 9 heteroatoms. The third kappa shape index (κ3) is 4.46. The first-order valence-electron chi connectivity index (χ1n) is 9.84. The largest absolute Gasteiger partial charge is 0.370 e. The number of carbonyl (C=O) groups is 1. The van der Waals surface area contributed by atoms with Crippen LogP contribution in [0.5, 0.6) is 0 Å². The van der Waals surface area contributed by atoms with E-state index in [1.54, 1.807) is 7.05 Å². The van der Waals surface area contributed by atoms with Crippen LogP contribution in [0.1, 0.15) is 18.6 Å². The summed E-state index contributed by atoms with van der Waals surface area (Å²) in [4.78, 5) is 34.2. The number of carbonyl (C=O) groups excluding carboxylic acids is 1. The molecule has 8 nitrogen and oxygen atoms in total. The van der Waals surface area contributed by atoms with E-state index < -0.39 is 5.82 Å². The van der Waals surface area contributed by atoms with E-state index in [1.807, 2.05) is 29.2 Å². The fourth-order valence-electron chi connectivity index (χ4n) is 3.58. The number of nitrogens with zero attached hydrogens (tertiary/aromatic N) is 4. The van der Waals surface area contributed by atoms with Crippen LogP contribution in [0, 0.1) is 5.82 Å². The molecule has 1 aromatic carbocycles. The summed E-state index contributed by atoms with van der Waals surface area (Å²) >= 11 is 0. The summed E-state index contributed by atoms with van der Waals surface area (Å²) in [6.45, 7) is 2.87. The summed E-state index contributed by atoms with van der Waals surface area (Å²) in [6.07, 6.45) is 2.28. The molecule has 1 aliphatic heterocycles. The van der Waals surface area contributed by atoms with Crippen molar-refractivity contribution in [1.82, 2.24) is 14.5 Å². The van der Waals surface area contributed by atoms with E-state index in [2.05, 4.69) is 15.3 Å². The zero-order valence-electron chi connectivity index (χ0n) is 17.2. The van der Waals surface area contributed by atoms with Gasteiger partial charge in [-0.3, -0.25) is 19.1 Å². The van der Waals surface area contributed by atoms with Crippen LogP contribution >= 0.6 is 0 Å². The number of amides is 1. The molecular formula is C22H22FN5O3. The van der Waals surface area contributed by atoms with E-state index in [0.29, 0.717) is 31.3 Å². The Bertz CT molecular complexity index is 1180. The molecular weight excluding hydrogens is 401 g/mol. The Morgan fingerprint density at radius 1 is 1.29 bits per heavy atom. The summed E-state index contributed by atoms with van der Waals surface area (Å²) < 4.78 is 21.6. The highest BCUT2D eigenvalue weighted by molar-refractivity contribution is 5.88. The predicted molar refractivity (Wildman–Crippen MR) is 114 cm³/mol. The van der Waals surface area contributed by atoms with Gasteiger partial charge in [-0.25, -0.2) is 9.37 Å². The van der Waals surface area contributed by atoms with Gasteiger partial charge < -0.3 is 15.0 Å². The van der Waals surface area contributed by atoms with E-state index in [-0.39, 0.29) is 28.8 Å². The molecule has 4 rings (SSSR count). The first kappa shape index (κ1) is 20.7. The number of morpholine rings is 1. The van der Waals surface area contributed by atoms with Crippen LogP contribution in [0.4, 0.5) is 16.0 Å². The van der Waals surface area contributed by atoms with Crippen molar-refractivity contribution in [3.8, 4) is 11.3 Å². The third-order valence-corrected chi connectivity index (χ3v) is 5.09. The lowest BCUT2D eigenvalue weighted by molar-refractivity contribution is -0.114. The topological polar surface area (TPSA) is 89.4 Å². The lowest BCUT2D eigenvalue weighted by Gasteiger charge is -2.34. The van der Waals surface area contributed by atoms with Gasteiger partial charge in [-0.1, -0.05) is 12.1 Å². The maximum absolute atomic E-state index is 14.2. The number of rotatable bonds is 4. The van der Waals surface area contributed by atoms with Crippen molar-refractivity contribution in [2.45, 2.75) is 13.0 Å². The summed E-state index contributed by atoms with van der Waals surface area (Å²) in [5, 5.41) is 2.77. The molecule has 1 atom stereocenters. The van der Waals surface area contributed by atoms with Crippen molar-refractivity contribution in [2.24, 2.45) is 7.05 Å². The predicted octanol–water partition coefficient (Wildman–Crippen LogP) is 2.52. The number of hydrogen-bond donors (Lipinski definition) is 1. The maximum atomic E-state index is 14.2. The first-order valence-corrected chi connectivity index (χ1v) is 9.84. The van der Waals surface area contributed by atoms with Gasteiger partial charge in [0.2, 0.25) is 11.9 Å². The monoisotopic (exact) mass is 423 g/mol. The number of aromatic nitrogens is 3. The van der Waals surface area contributed by atoms with Crippen molar-refractivity contribution < 1.29 is 13.9 Å². The van der Waals surface area contributed by atoms with Crippen LogP contribution in [0.2, 0.25) is 0 Å². The molecule has 3 aromatic rings. The number of benzene rings is 1. The third-order valence-electron chi connectivity index (χ3n) is 5.09. The van der Waals surface area contributed by atoms with Gasteiger partial charge in [-0.15, -0.1) is 0 Å². The van der Waals surface area contributed by atoms with Crippen LogP contribution < -0.4 is 15.8 Å². The minimum atomic E-state index is -0.538. The molecule has 0 aliphatic carbocycles. The molecule has 3 heterocycles. The highest BCUT2D eigenvalue weighted by Gasteiger charge is 2.25. The van der Waals surface area contributed by atoms with Crippen LogP contribution in [0.25, 0.3) is 11.3 Å². The molecule has 1 saturated heterocycles. The maximum Gasteiger partial charge on any atom is 0.255 e. The Balaban J connectivity index is 1.65. The Labute approximate surface area is 178 Å². The van der Waals surface area contributed by atoms with Crippen molar-refractivity contribution in [2.75, 3.05) is 29.9 Å². The zero-order chi connectivity index (χ0) is 22.0. The Kier molecular flexibility index (Phi) is 5.77. The molecule has 0 bridgehead atoms. The van der Waals surface area contributed by atoms with Crippen molar-refractivity contribution >= 4 is 17.5 Å². The van der Waals surface area contributed by atoms with Crippen LogP contribution in [-0.2, 0) is 16.6 Å². The summed E-state index contributed by atoms with van der Waals surface area (Å²) in [5.41, 5.74) is 1.78. The van der Waals surface area contributed by atoms with Gasteiger partial charge >= 0.3 is 0 Å². The average Bonchev–Trinajstić information content (AvgIpc) is 2.76. The smallest absolute Gasteiger partial charge is 0.255 e. The van der Waals surface area contributed by atoms with Gasteiger partial charge in [0, 0.05) is 44.0 Å². The summed E-state index contributed by atoms with van der Waals surface area (Å²) in [7, 11) is 1.64. The van der Waals surface area contributed by atoms with E-state index in [1.165, 1.54) is 29.8 Å². The summed E-state index contributed by atoms with van der Waals surface area (Å²) in [6, 6.07) is 10.3. The second kappa shape index (κ2) is 8.65. The van der Waals surface area contributed by atoms with Crippen molar-refractivity contribution in [3.63, 3.8) is 0 Å². The molecule has 1 aliphatic rings. The number of anilines is 2. The van der Waals surface area contributed by atoms with Crippen LogP contribution in [0.3, 0.4) is 0 Å². The van der Waals surface area contributed by atoms with Crippen LogP contribution in [0.15, 0.2) is 53.6 Å². The molecule has 2 aromatic heterocycles. The van der Waals surface area contributed by atoms with E-state index in [9.17, 15) is 14.0 Å². The molecule has 0 spiro atoms. The minimum absolute atomic E-state index is 0.150. The molecule has 160 valence electrons. The second-order valence-corrected chi connectivity index (χ2v) is 7.31. The zero-order valence-corrected chi connectivity index (χ0v) is 17.2. The van der Waals surface area contributed by atoms with Crippen molar-refractivity contribution in [1.29, 1.82) is 0 Å². The van der Waals surface area contributed by atoms with E-state index >= 15 is 0 Å². The normalized spacial score (nSPS) is 16.2. The van der Waals surface area contributed by atoms with Crippen LogP contribution in [-0.4, -0.2) is 40.1 Å². The molecule has 31 heavy (non-hydrogen) atoms. The first-order chi connectivity index (χ1) is 14.9. The Hall–Kier alpha value is -3.59. The molecule has 1 fully saturated rings. The van der Waals surface area contributed by atoms with E-state index in [4.69, 9.17) is 4.74 Å². The van der Waals surface area contributed by atoms with Gasteiger partial charge in [-0.2, -0.15) is 0 Å². The van der Waals surface area contributed by atoms with Gasteiger partial charge in [0.05, 0.1) is 25.0 Å². The van der Waals surface area contributed by atoms with Crippen molar-refractivity contribution in [3.05, 3.63) is 70.5 Å². The fraction of sp³-hybridized carbons (Fsp3) is 0.273. The molecule has 1 unspecified atom stereocenters. The molecule has 1 amide bonds. The fourth-order valence-corrected chi connectivity index (χ4v) is 3.58. The number of pyridine rings is 1. The van der Waals surface area contributed by atoms with Gasteiger partial charge in [0.15, 0.2) is 5.82 Å². The number of hydrogen-bond acceptors (Lipinski definition) is 6. The SMILES string of the molecule is CC(=O)Nc1cccc(C2CN(c3nc(-c4ccncc4F)cc(=O)n3C)CCO2)c1. The molecule has 1 N–H and O–H groups in total. The quantitative estimate of drug-likeness (QED) is 0.694. The second-order valence-electron chi connectivity index (χ2n) is 7.31. The Morgan fingerprint density at radius 3 is 2.90 bits per heavy atom. The lowest BCUT2D eigenvalue weighted by Crippen LogP contribution is -2.41. The number of halogens is 1. The number of nitrogens with one attached hydrogen (secondary N) is 1. The minimum Gasteiger partial charge on any atom is -0.370 e. The highest BCUT2D eigenvalue weighted by Crippen LogP contribution is 2.28. The van der Waals surface area contributed by atoms with Gasteiger partial charge in [0.1, 0.15) is 6.10 Å². The molecule has 0 radical (unpaired) electrons. The van der Waals surface area contributed by atoms with Gasteiger partial charge in [-0.05, 0) is 23.8 Å². The number of ether oxygens (including phenoxy) is 1. The van der Waals surface area contributed by atoms with Gasteiger partial charge in [0.25, 0.3) is 5.56 Å². The van der Waals surface area contributed by atoms with E-state index in [0.717, 1.165) is 11.8 Å². The molecule has 0 saturated carbocycles. The lowest BCUT2D eigenvalue weighted by atomic mass is 10.1. The summed E-state index contributed by atoms with van der Waals surface area (Å²) in [5.74, 6) is -0.253. The Morgan fingerprint density at radius 2 is 2.13 bits per heavy atom. The highest BCUT2D eigenvalue weighted by atomic mass is 19.1. The average molecular weight is 423 g/mol.